The number of aromatic nitrogens is 3. The molecule has 3 rings (SSSR count). The quantitative estimate of drug-likeness (QED) is 0.537. The summed E-state index contributed by atoms with van der Waals surface area (Å²) in [6, 6.07) is 6.85. The van der Waals surface area contributed by atoms with Crippen LogP contribution in [0.1, 0.15) is 31.2 Å². The number of nitrogens with one attached hydrogen (secondary N) is 1. The molecule has 0 radical (unpaired) electrons. The molecule has 0 spiro atoms. The molecule has 110 valence electrons. The largest absolute Gasteiger partial charge is 0.307 e. The van der Waals surface area contributed by atoms with E-state index in [1.807, 2.05) is 17.7 Å². The number of non-ortho nitro benzene ring substituents is 1. The molecular weight excluding hydrogens is 288 g/mol. The van der Waals surface area contributed by atoms with Gasteiger partial charge in [-0.15, -0.1) is 0 Å². The van der Waals surface area contributed by atoms with Crippen LogP contribution in [0.4, 0.5) is 5.69 Å². The first-order valence-electron chi connectivity index (χ1n) is 6.81. The van der Waals surface area contributed by atoms with E-state index < -0.39 is 0 Å². The maximum Gasteiger partial charge on any atom is 0.269 e. The lowest BCUT2D eigenvalue weighted by molar-refractivity contribution is -0.385. The molecule has 1 heterocycles. The van der Waals surface area contributed by atoms with Crippen molar-refractivity contribution in [3.8, 4) is 0 Å². The minimum Gasteiger partial charge on any atom is -0.307 e. The number of nitrogens with zero attached hydrogens (tertiary/aromatic N) is 3. The van der Waals surface area contributed by atoms with Gasteiger partial charge in [0.05, 0.1) is 10.3 Å². The van der Waals surface area contributed by atoms with Gasteiger partial charge in [0.2, 0.25) is 0 Å². The van der Waals surface area contributed by atoms with Crippen LogP contribution in [-0.2, 0) is 12.5 Å². The van der Waals surface area contributed by atoms with Gasteiger partial charge in [-0.3, -0.25) is 15.2 Å². The summed E-state index contributed by atoms with van der Waals surface area (Å²) in [4.78, 5) is 10.7. The van der Waals surface area contributed by atoms with Crippen LogP contribution in [-0.4, -0.2) is 19.7 Å². The maximum atomic E-state index is 11.0. The highest BCUT2D eigenvalue weighted by Crippen LogP contribution is 2.51. The fourth-order valence-electron chi connectivity index (χ4n) is 3.37. The van der Waals surface area contributed by atoms with Crippen molar-refractivity contribution < 1.29 is 4.92 Å². The topological polar surface area (TPSA) is 76.8 Å². The first-order chi connectivity index (χ1) is 9.94. The average Bonchev–Trinajstić information content (AvgIpc) is 2.76. The summed E-state index contributed by atoms with van der Waals surface area (Å²) < 4.78 is 2.43. The van der Waals surface area contributed by atoms with Crippen molar-refractivity contribution >= 4 is 17.9 Å². The third kappa shape index (κ3) is 2.08. The minimum absolute atomic E-state index is 0.114. The van der Waals surface area contributed by atoms with Crippen molar-refractivity contribution in [2.45, 2.75) is 25.2 Å². The Morgan fingerprint density at radius 3 is 2.76 bits per heavy atom. The Labute approximate surface area is 127 Å². The lowest BCUT2D eigenvalue weighted by atomic mass is 9.58. The average molecular weight is 304 g/mol. The number of nitro benzene ring substituents is 1. The number of hydrogen-bond acceptors (Lipinski definition) is 4. The van der Waals surface area contributed by atoms with Gasteiger partial charge in [-0.1, -0.05) is 19.1 Å². The summed E-state index contributed by atoms with van der Waals surface area (Å²) >= 11 is 5.20. The summed E-state index contributed by atoms with van der Waals surface area (Å²) in [5.41, 5.74) is 0.767. The molecule has 1 fully saturated rings. The predicted molar refractivity (Wildman–Crippen MR) is 80.7 cm³/mol. The standard InChI is InChI=1S/C14H16N4O2S/c1-9-7-14(8-9,12-15-16-13(21)17(12)2)10-4-3-5-11(6-10)18(19)20/h3-6,9H,7-8H2,1-2H3,(H,16,21). The van der Waals surface area contributed by atoms with Crippen LogP contribution in [0.5, 0.6) is 0 Å². The smallest absolute Gasteiger partial charge is 0.269 e. The molecular formula is C14H16N4O2S. The zero-order chi connectivity index (χ0) is 15.2. The number of nitro groups is 1. The van der Waals surface area contributed by atoms with Crippen LogP contribution in [0.15, 0.2) is 24.3 Å². The molecule has 0 atom stereocenters. The van der Waals surface area contributed by atoms with E-state index in [2.05, 4.69) is 17.1 Å². The number of aromatic amines is 1. The molecule has 6 nitrogen and oxygen atoms in total. The Morgan fingerprint density at radius 2 is 2.24 bits per heavy atom. The van der Waals surface area contributed by atoms with E-state index in [0.717, 1.165) is 24.2 Å². The number of hydrogen-bond donors (Lipinski definition) is 1. The lowest BCUT2D eigenvalue weighted by Crippen LogP contribution is -2.43. The van der Waals surface area contributed by atoms with Crippen LogP contribution in [0.2, 0.25) is 0 Å². The van der Waals surface area contributed by atoms with Gasteiger partial charge in [-0.05, 0) is 36.5 Å². The van der Waals surface area contributed by atoms with Crippen molar-refractivity contribution in [3.05, 3.63) is 50.5 Å². The van der Waals surface area contributed by atoms with Gasteiger partial charge in [0, 0.05) is 19.2 Å². The van der Waals surface area contributed by atoms with Gasteiger partial charge >= 0.3 is 0 Å². The van der Waals surface area contributed by atoms with Crippen LogP contribution >= 0.6 is 12.2 Å². The molecule has 21 heavy (non-hydrogen) atoms. The molecule has 1 aromatic carbocycles. The highest BCUT2D eigenvalue weighted by molar-refractivity contribution is 7.71. The Bertz CT molecular complexity index is 758. The van der Waals surface area contributed by atoms with E-state index in [4.69, 9.17) is 12.2 Å². The molecule has 1 aliphatic rings. The van der Waals surface area contributed by atoms with Crippen LogP contribution in [0.25, 0.3) is 0 Å². The summed E-state index contributed by atoms with van der Waals surface area (Å²) in [5, 5.41) is 18.2. The molecule has 0 bridgehead atoms. The molecule has 1 saturated carbocycles. The van der Waals surface area contributed by atoms with E-state index >= 15 is 0 Å². The molecule has 0 amide bonds. The molecule has 0 aliphatic heterocycles. The van der Waals surface area contributed by atoms with Gasteiger partial charge in [0.25, 0.3) is 5.69 Å². The van der Waals surface area contributed by atoms with Gasteiger partial charge in [-0.2, -0.15) is 5.10 Å². The summed E-state index contributed by atoms with van der Waals surface area (Å²) in [7, 11) is 1.88. The predicted octanol–water partition coefficient (Wildman–Crippen LogP) is 3.10. The van der Waals surface area contributed by atoms with Gasteiger partial charge in [0.15, 0.2) is 4.77 Å². The van der Waals surface area contributed by atoms with E-state index in [-0.39, 0.29) is 16.0 Å². The maximum absolute atomic E-state index is 11.0. The first kappa shape index (κ1) is 13.9. The molecule has 7 heteroatoms. The molecule has 1 aliphatic carbocycles. The number of benzene rings is 1. The zero-order valence-corrected chi connectivity index (χ0v) is 12.7. The first-order valence-corrected chi connectivity index (χ1v) is 7.22. The summed E-state index contributed by atoms with van der Waals surface area (Å²) in [6.07, 6.45) is 1.84. The fourth-order valence-corrected chi connectivity index (χ4v) is 3.50. The molecule has 2 aromatic rings. The Kier molecular flexibility index (Phi) is 3.16. The van der Waals surface area contributed by atoms with E-state index in [9.17, 15) is 10.1 Å². The Hall–Kier alpha value is -2.02. The van der Waals surface area contributed by atoms with Crippen LogP contribution in [0, 0.1) is 20.8 Å². The summed E-state index contributed by atoms with van der Waals surface area (Å²) in [5.74, 6) is 1.42. The second-order valence-corrected chi connectivity index (χ2v) is 6.20. The van der Waals surface area contributed by atoms with E-state index in [1.165, 1.54) is 6.07 Å². The third-order valence-electron chi connectivity index (χ3n) is 4.31. The zero-order valence-electron chi connectivity index (χ0n) is 11.9. The normalized spacial score (nSPS) is 24.6. The summed E-state index contributed by atoms with van der Waals surface area (Å²) in [6.45, 7) is 2.18. The Balaban J connectivity index is 2.15. The van der Waals surface area contributed by atoms with Crippen LogP contribution < -0.4 is 0 Å². The second kappa shape index (κ2) is 4.77. The number of rotatable bonds is 3. The second-order valence-electron chi connectivity index (χ2n) is 5.81. The van der Waals surface area contributed by atoms with Crippen molar-refractivity contribution in [2.24, 2.45) is 13.0 Å². The van der Waals surface area contributed by atoms with E-state index in [1.54, 1.807) is 12.1 Å². The van der Waals surface area contributed by atoms with Crippen molar-refractivity contribution in [3.63, 3.8) is 0 Å². The van der Waals surface area contributed by atoms with Crippen molar-refractivity contribution in [2.75, 3.05) is 0 Å². The SMILES string of the molecule is CC1CC(c2cccc([N+](=O)[O-])c2)(c2n[nH]c(=S)n2C)C1. The highest BCUT2D eigenvalue weighted by Gasteiger charge is 2.48. The molecule has 0 unspecified atom stereocenters. The Morgan fingerprint density at radius 1 is 1.52 bits per heavy atom. The lowest BCUT2D eigenvalue weighted by Gasteiger charge is -2.45. The fraction of sp³-hybridized carbons (Fsp3) is 0.429. The van der Waals surface area contributed by atoms with Crippen molar-refractivity contribution in [1.29, 1.82) is 0 Å². The molecule has 1 aromatic heterocycles. The van der Waals surface area contributed by atoms with Gasteiger partial charge < -0.3 is 4.57 Å². The highest BCUT2D eigenvalue weighted by atomic mass is 32.1. The minimum atomic E-state index is -0.359. The van der Waals surface area contributed by atoms with Crippen molar-refractivity contribution in [1.82, 2.24) is 14.8 Å². The number of H-pyrrole nitrogens is 1. The third-order valence-corrected chi connectivity index (χ3v) is 4.68. The van der Waals surface area contributed by atoms with Crippen LogP contribution in [0.3, 0.4) is 0 Å². The molecule has 0 saturated heterocycles. The van der Waals surface area contributed by atoms with Gasteiger partial charge in [-0.25, -0.2) is 0 Å². The monoisotopic (exact) mass is 304 g/mol. The van der Waals surface area contributed by atoms with E-state index in [0.29, 0.717) is 10.7 Å². The van der Waals surface area contributed by atoms with Gasteiger partial charge in [0.1, 0.15) is 5.82 Å². The molecule has 1 N–H and O–H groups in total.